The molecule has 5 heteroatoms. The van der Waals surface area contributed by atoms with Gasteiger partial charge in [-0.25, -0.2) is 4.98 Å². The van der Waals surface area contributed by atoms with Crippen LogP contribution < -0.4 is 5.56 Å². The van der Waals surface area contributed by atoms with E-state index in [4.69, 9.17) is 4.98 Å². The Morgan fingerprint density at radius 3 is 2.63 bits per heavy atom. The zero-order valence-corrected chi connectivity index (χ0v) is 16.4. The number of aromatic nitrogens is 2. The van der Waals surface area contributed by atoms with Crippen LogP contribution in [0.25, 0.3) is 16.6 Å². The summed E-state index contributed by atoms with van der Waals surface area (Å²) in [5.41, 5.74) is 3.68. The van der Waals surface area contributed by atoms with E-state index in [0.29, 0.717) is 22.5 Å². The molecule has 1 heterocycles. The number of hydrogen-bond acceptors (Lipinski definition) is 4. The smallest absolute Gasteiger partial charge is 0.266 e. The molecule has 4 rings (SSSR count). The number of carbonyl (C=O) groups excluding carboxylic acids is 1. The first-order valence-corrected chi connectivity index (χ1v) is 10.2. The Hall–Kier alpha value is -2.40. The van der Waals surface area contributed by atoms with E-state index in [0.717, 1.165) is 30.5 Å². The van der Waals surface area contributed by atoms with E-state index in [2.05, 4.69) is 6.92 Å². The van der Waals surface area contributed by atoms with Gasteiger partial charge in [-0.3, -0.25) is 14.2 Å². The molecule has 0 unspecified atom stereocenters. The Bertz CT molecular complexity index is 1090. The molecular weight excluding hydrogens is 356 g/mol. The zero-order valence-electron chi connectivity index (χ0n) is 15.6. The zero-order chi connectivity index (χ0) is 19.0. The van der Waals surface area contributed by atoms with Gasteiger partial charge in [0.25, 0.3) is 5.56 Å². The number of rotatable bonds is 3. The van der Waals surface area contributed by atoms with Gasteiger partial charge in [0.1, 0.15) is 5.78 Å². The van der Waals surface area contributed by atoms with Crippen LogP contribution in [-0.2, 0) is 4.79 Å². The van der Waals surface area contributed by atoms with Crippen LogP contribution in [-0.4, -0.2) is 20.6 Å². The average molecular weight is 378 g/mol. The molecule has 0 saturated heterocycles. The normalized spacial score (nSPS) is 17.4. The van der Waals surface area contributed by atoms with E-state index in [1.807, 2.05) is 49.4 Å². The first kappa shape index (κ1) is 18.0. The number of aryl methyl sites for hydroxylation is 2. The van der Waals surface area contributed by atoms with Crippen LogP contribution in [0.1, 0.15) is 36.8 Å². The van der Waals surface area contributed by atoms with Gasteiger partial charge in [-0.1, -0.05) is 36.4 Å². The molecule has 4 nitrogen and oxygen atoms in total. The minimum Gasteiger partial charge on any atom is -0.298 e. The lowest BCUT2D eigenvalue weighted by Crippen LogP contribution is -2.26. The standard InChI is InChI=1S/C22H22N2O2S/c1-14-11-12-16(13-15(14)2)24-21(26)17-7-3-4-8-18(17)23-22(24)27-20-10-6-5-9-19(20)25/h3-4,7-8,11-13,20H,5-6,9-10H2,1-2H3/t20-/m0/s1. The number of para-hydroxylation sites is 1. The lowest BCUT2D eigenvalue weighted by molar-refractivity contribution is -0.119. The summed E-state index contributed by atoms with van der Waals surface area (Å²) in [5.74, 6) is 0.264. The van der Waals surface area contributed by atoms with Gasteiger partial charge in [0, 0.05) is 6.42 Å². The molecule has 0 N–H and O–H groups in total. The third-order valence-electron chi connectivity index (χ3n) is 5.24. The molecule has 1 fully saturated rings. The summed E-state index contributed by atoms with van der Waals surface area (Å²) in [7, 11) is 0. The number of fused-ring (bicyclic) bond motifs is 1. The predicted molar refractivity (Wildman–Crippen MR) is 110 cm³/mol. The lowest BCUT2D eigenvalue weighted by Gasteiger charge is -2.21. The Morgan fingerprint density at radius 2 is 1.85 bits per heavy atom. The quantitative estimate of drug-likeness (QED) is 0.625. The van der Waals surface area contributed by atoms with Crippen molar-refractivity contribution < 1.29 is 4.79 Å². The highest BCUT2D eigenvalue weighted by atomic mass is 32.2. The second kappa shape index (κ2) is 7.31. The van der Waals surface area contributed by atoms with E-state index in [9.17, 15) is 9.59 Å². The number of thioether (sulfide) groups is 1. The topological polar surface area (TPSA) is 52.0 Å². The summed E-state index contributed by atoms with van der Waals surface area (Å²) < 4.78 is 1.67. The Morgan fingerprint density at radius 1 is 1.04 bits per heavy atom. The van der Waals surface area contributed by atoms with Crippen LogP contribution in [0.2, 0.25) is 0 Å². The van der Waals surface area contributed by atoms with Gasteiger partial charge >= 0.3 is 0 Å². The third-order valence-corrected chi connectivity index (χ3v) is 6.51. The van der Waals surface area contributed by atoms with Gasteiger partial charge in [0.2, 0.25) is 0 Å². The lowest BCUT2D eigenvalue weighted by atomic mass is 9.99. The summed E-state index contributed by atoms with van der Waals surface area (Å²) in [6.45, 7) is 4.09. The third kappa shape index (κ3) is 3.44. The Kier molecular flexibility index (Phi) is 4.87. The second-order valence-corrected chi connectivity index (χ2v) is 8.31. The van der Waals surface area contributed by atoms with Gasteiger partial charge in [-0.05, 0) is 62.1 Å². The number of ketones is 1. The molecule has 1 atom stereocenters. The summed E-state index contributed by atoms with van der Waals surface area (Å²) in [4.78, 5) is 30.4. The van der Waals surface area contributed by atoms with E-state index in [1.165, 1.54) is 17.3 Å². The molecular formula is C22H22N2O2S. The van der Waals surface area contributed by atoms with E-state index in [-0.39, 0.29) is 16.6 Å². The van der Waals surface area contributed by atoms with Crippen molar-refractivity contribution in [2.45, 2.75) is 49.9 Å². The summed E-state index contributed by atoms with van der Waals surface area (Å²) in [5, 5.41) is 1.07. The van der Waals surface area contributed by atoms with Crippen molar-refractivity contribution in [3.05, 3.63) is 63.9 Å². The predicted octanol–water partition coefficient (Wildman–Crippen LogP) is 4.61. The summed E-state index contributed by atoms with van der Waals surface area (Å²) >= 11 is 1.44. The van der Waals surface area contributed by atoms with E-state index in [1.54, 1.807) is 4.57 Å². The van der Waals surface area contributed by atoms with Gasteiger partial charge in [0.15, 0.2) is 5.16 Å². The minimum atomic E-state index is -0.121. The molecule has 0 spiro atoms. The molecule has 0 aliphatic heterocycles. The van der Waals surface area contributed by atoms with Crippen molar-refractivity contribution >= 4 is 28.4 Å². The number of carbonyl (C=O) groups is 1. The second-order valence-electron chi connectivity index (χ2n) is 7.14. The highest BCUT2D eigenvalue weighted by molar-refractivity contribution is 8.00. The monoisotopic (exact) mass is 378 g/mol. The first-order valence-electron chi connectivity index (χ1n) is 9.33. The van der Waals surface area contributed by atoms with Gasteiger partial charge in [0.05, 0.1) is 21.8 Å². The molecule has 1 saturated carbocycles. The van der Waals surface area contributed by atoms with Crippen LogP contribution in [0.5, 0.6) is 0 Å². The van der Waals surface area contributed by atoms with Crippen molar-refractivity contribution in [1.82, 2.24) is 9.55 Å². The number of Topliss-reactive ketones (excluding diaryl/α,β-unsaturated/α-hetero) is 1. The van der Waals surface area contributed by atoms with Crippen molar-refractivity contribution in [1.29, 1.82) is 0 Å². The molecule has 27 heavy (non-hydrogen) atoms. The van der Waals surface area contributed by atoms with Crippen molar-refractivity contribution in [2.24, 2.45) is 0 Å². The molecule has 1 aliphatic carbocycles. The van der Waals surface area contributed by atoms with Gasteiger partial charge in [-0.2, -0.15) is 0 Å². The van der Waals surface area contributed by atoms with Crippen molar-refractivity contribution in [3.8, 4) is 5.69 Å². The molecule has 3 aromatic rings. The number of benzene rings is 2. The van der Waals surface area contributed by atoms with E-state index < -0.39 is 0 Å². The Labute approximate surface area is 162 Å². The maximum Gasteiger partial charge on any atom is 0.266 e. The van der Waals surface area contributed by atoms with Crippen LogP contribution in [0.4, 0.5) is 0 Å². The van der Waals surface area contributed by atoms with E-state index >= 15 is 0 Å². The molecule has 1 aromatic heterocycles. The maximum atomic E-state index is 13.3. The van der Waals surface area contributed by atoms with Crippen molar-refractivity contribution in [2.75, 3.05) is 0 Å². The fraction of sp³-hybridized carbons (Fsp3) is 0.318. The largest absolute Gasteiger partial charge is 0.298 e. The summed E-state index contributed by atoms with van der Waals surface area (Å²) in [6, 6.07) is 13.4. The minimum absolute atomic E-state index is 0.0883. The van der Waals surface area contributed by atoms with Crippen LogP contribution in [0.3, 0.4) is 0 Å². The van der Waals surface area contributed by atoms with Crippen LogP contribution >= 0.6 is 11.8 Å². The molecule has 0 bridgehead atoms. The number of hydrogen-bond donors (Lipinski definition) is 0. The maximum absolute atomic E-state index is 13.3. The van der Waals surface area contributed by atoms with Gasteiger partial charge < -0.3 is 0 Å². The fourth-order valence-electron chi connectivity index (χ4n) is 3.49. The SMILES string of the molecule is Cc1ccc(-n2c(S[C@H]3CCCCC3=O)nc3ccccc3c2=O)cc1C. The highest BCUT2D eigenvalue weighted by Crippen LogP contribution is 2.32. The molecule has 2 aromatic carbocycles. The molecule has 1 aliphatic rings. The molecule has 0 amide bonds. The van der Waals surface area contributed by atoms with Crippen LogP contribution in [0, 0.1) is 13.8 Å². The van der Waals surface area contributed by atoms with Crippen molar-refractivity contribution in [3.63, 3.8) is 0 Å². The van der Waals surface area contributed by atoms with Gasteiger partial charge in [-0.15, -0.1) is 0 Å². The summed E-state index contributed by atoms with van der Waals surface area (Å²) in [6.07, 6.45) is 3.48. The number of nitrogens with zero attached hydrogens (tertiary/aromatic N) is 2. The molecule has 0 radical (unpaired) electrons. The molecule has 138 valence electrons. The fourth-order valence-corrected chi connectivity index (χ4v) is 4.72. The van der Waals surface area contributed by atoms with Crippen LogP contribution in [0.15, 0.2) is 52.4 Å². The Balaban J connectivity index is 1.91. The highest BCUT2D eigenvalue weighted by Gasteiger charge is 2.26. The first-order chi connectivity index (χ1) is 13.0. The average Bonchev–Trinajstić information content (AvgIpc) is 2.66.